The molecule has 1 aliphatic rings. The van der Waals surface area contributed by atoms with Gasteiger partial charge >= 0.3 is 0 Å². The van der Waals surface area contributed by atoms with Gasteiger partial charge in [-0.3, -0.25) is 9.20 Å². The zero-order chi connectivity index (χ0) is 17.8. The SMILES string of the molecule is CC1C=Cc2c(nc3c4cccc5c(NCCO)ccc(c(=O)n23)c54)C1. The van der Waals surface area contributed by atoms with E-state index in [-0.39, 0.29) is 12.2 Å². The minimum absolute atomic E-state index is 0.0228. The number of hydrogen-bond acceptors (Lipinski definition) is 4. The average molecular weight is 345 g/mol. The third-order valence-corrected chi connectivity index (χ3v) is 5.23. The first-order valence-electron chi connectivity index (χ1n) is 8.94. The maximum Gasteiger partial charge on any atom is 0.264 e. The van der Waals surface area contributed by atoms with Gasteiger partial charge in [0.05, 0.1) is 18.0 Å². The number of aliphatic hydroxyl groups excluding tert-OH is 1. The number of benzene rings is 2. The molecule has 0 saturated heterocycles. The van der Waals surface area contributed by atoms with Gasteiger partial charge in [0.1, 0.15) is 5.65 Å². The van der Waals surface area contributed by atoms with Crippen LogP contribution < -0.4 is 10.9 Å². The van der Waals surface area contributed by atoms with Crippen molar-refractivity contribution in [1.82, 2.24) is 9.38 Å². The van der Waals surface area contributed by atoms with Crippen molar-refractivity contribution in [2.24, 2.45) is 5.92 Å². The van der Waals surface area contributed by atoms with E-state index in [0.717, 1.165) is 45.3 Å². The summed E-state index contributed by atoms with van der Waals surface area (Å²) in [6, 6.07) is 9.83. The van der Waals surface area contributed by atoms with Gasteiger partial charge in [-0.05, 0) is 30.5 Å². The van der Waals surface area contributed by atoms with E-state index in [1.807, 2.05) is 36.4 Å². The van der Waals surface area contributed by atoms with Gasteiger partial charge in [0.25, 0.3) is 5.56 Å². The number of aliphatic hydroxyl groups is 1. The molecule has 1 atom stereocenters. The van der Waals surface area contributed by atoms with E-state index in [1.54, 1.807) is 4.40 Å². The molecular formula is C21H19N3O2. The molecular weight excluding hydrogens is 326 g/mol. The molecule has 0 aliphatic heterocycles. The number of nitrogens with zero attached hydrogens (tertiary/aromatic N) is 2. The van der Waals surface area contributed by atoms with Gasteiger partial charge in [-0.2, -0.15) is 0 Å². The monoisotopic (exact) mass is 345 g/mol. The highest BCUT2D eigenvalue weighted by atomic mass is 16.3. The predicted molar refractivity (Wildman–Crippen MR) is 105 cm³/mol. The fourth-order valence-electron chi connectivity index (χ4n) is 4.05. The van der Waals surface area contributed by atoms with Crippen LogP contribution in [0.2, 0.25) is 0 Å². The van der Waals surface area contributed by atoms with Crippen molar-refractivity contribution in [3.8, 4) is 0 Å². The summed E-state index contributed by atoms with van der Waals surface area (Å²) < 4.78 is 1.76. The summed E-state index contributed by atoms with van der Waals surface area (Å²) in [5, 5.41) is 16.0. The van der Waals surface area contributed by atoms with Gasteiger partial charge in [-0.1, -0.05) is 31.2 Å². The number of anilines is 1. The van der Waals surface area contributed by atoms with Crippen molar-refractivity contribution in [1.29, 1.82) is 0 Å². The van der Waals surface area contributed by atoms with Crippen LogP contribution in [-0.2, 0) is 6.42 Å². The van der Waals surface area contributed by atoms with Gasteiger partial charge in [-0.15, -0.1) is 0 Å². The van der Waals surface area contributed by atoms with Crippen molar-refractivity contribution >= 4 is 39.0 Å². The third kappa shape index (κ3) is 2.01. The first-order valence-corrected chi connectivity index (χ1v) is 8.94. The van der Waals surface area contributed by atoms with Gasteiger partial charge < -0.3 is 10.4 Å². The number of hydrogen-bond donors (Lipinski definition) is 2. The molecule has 0 bridgehead atoms. The second-order valence-electron chi connectivity index (χ2n) is 6.99. The van der Waals surface area contributed by atoms with Gasteiger partial charge in [0.2, 0.25) is 0 Å². The molecule has 5 heteroatoms. The maximum absolute atomic E-state index is 13.3. The second kappa shape index (κ2) is 5.54. The zero-order valence-corrected chi connectivity index (χ0v) is 14.5. The molecule has 0 spiro atoms. The van der Waals surface area contributed by atoms with Crippen molar-refractivity contribution in [2.45, 2.75) is 13.3 Å². The molecule has 0 radical (unpaired) electrons. The number of rotatable bonds is 3. The Kier molecular flexibility index (Phi) is 3.27. The molecule has 1 unspecified atom stereocenters. The lowest BCUT2D eigenvalue weighted by Crippen LogP contribution is -2.16. The molecule has 0 amide bonds. The molecule has 2 heterocycles. The fraction of sp³-hybridized carbons (Fsp3) is 0.238. The van der Waals surface area contributed by atoms with Crippen LogP contribution in [0.5, 0.6) is 0 Å². The highest BCUT2D eigenvalue weighted by Gasteiger charge is 2.22. The molecule has 5 nitrogen and oxygen atoms in total. The van der Waals surface area contributed by atoms with Gasteiger partial charge in [0, 0.05) is 33.8 Å². The molecule has 2 aromatic carbocycles. The summed E-state index contributed by atoms with van der Waals surface area (Å²) in [7, 11) is 0. The summed E-state index contributed by atoms with van der Waals surface area (Å²) in [6.07, 6.45) is 5.03. The van der Waals surface area contributed by atoms with Crippen LogP contribution in [0.3, 0.4) is 0 Å². The first-order chi connectivity index (χ1) is 12.7. The normalized spacial score (nSPS) is 16.6. The van der Waals surface area contributed by atoms with Gasteiger partial charge in [0.15, 0.2) is 0 Å². The molecule has 0 fully saturated rings. The molecule has 5 rings (SSSR count). The zero-order valence-electron chi connectivity index (χ0n) is 14.5. The van der Waals surface area contributed by atoms with E-state index < -0.39 is 0 Å². The van der Waals surface area contributed by atoms with Gasteiger partial charge in [-0.25, -0.2) is 4.98 Å². The van der Waals surface area contributed by atoms with Crippen LogP contribution in [-0.4, -0.2) is 27.6 Å². The lowest BCUT2D eigenvalue weighted by molar-refractivity contribution is 0.311. The molecule has 4 aromatic rings. The number of allylic oxidation sites excluding steroid dienone is 1. The smallest absolute Gasteiger partial charge is 0.264 e. The van der Waals surface area contributed by atoms with E-state index in [9.17, 15) is 4.79 Å². The number of nitrogens with one attached hydrogen (secondary N) is 1. The van der Waals surface area contributed by atoms with Crippen molar-refractivity contribution in [2.75, 3.05) is 18.5 Å². The Hall–Kier alpha value is -2.92. The summed E-state index contributed by atoms with van der Waals surface area (Å²) in [4.78, 5) is 18.1. The molecule has 2 N–H and O–H groups in total. The molecule has 26 heavy (non-hydrogen) atoms. The van der Waals surface area contributed by atoms with Crippen LogP contribution in [0.4, 0.5) is 5.69 Å². The highest BCUT2D eigenvalue weighted by molar-refractivity contribution is 6.18. The van der Waals surface area contributed by atoms with Crippen LogP contribution in [0.15, 0.2) is 41.2 Å². The molecule has 2 aromatic heterocycles. The number of fused-ring (bicyclic) bond motifs is 4. The predicted octanol–water partition coefficient (Wildman–Crippen LogP) is 3.05. The summed E-state index contributed by atoms with van der Waals surface area (Å²) >= 11 is 0. The average Bonchev–Trinajstić information content (AvgIpc) is 3.03. The number of aromatic nitrogens is 2. The van der Waals surface area contributed by atoms with E-state index in [2.05, 4.69) is 18.3 Å². The van der Waals surface area contributed by atoms with Crippen LogP contribution in [0.25, 0.3) is 33.3 Å². The van der Waals surface area contributed by atoms with E-state index in [1.165, 1.54) is 0 Å². The summed E-state index contributed by atoms with van der Waals surface area (Å²) in [6.45, 7) is 2.69. The van der Waals surface area contributed by atoms with E-state index in [0.29, 0.717) is 17.8 Å². The highest BCUT2D eigenvalue weighted by Crippen LogP contribution is 2.34. The second-order valence-corrected chi connectivity index (χ2v) is 6.99. The summed E-state index contributed by atoms with van der Waals surface area (Å²) in [5.41, 5.74) is 3.53. The maximum atomic E-state index is 13.3. The number of imidazole rings is 1. The largest absolute Gasteiger partial charge is 0.395 e. The topological polar surface area (TPSA) is 66.6 Å². The van der Waals surface area contributed by atoms with Crippen molar-refractivity contribution < 1.29 is 5.11 Å². The van der Waals surface area contributed by atoms with Crippen molar-refractivity contribution in [3.05, 3.63) is 58.1 Å². The Morgan fingerprint density at radius 1 is 1.23 bits per heavy atom. The Labute approximate surface area is 149 Å². The minimum Gasteiger partial charge on any atom is -0.395 e. The number of pyridine rings is 1. The molecule has 0 saturated carbocycles. The standard InChI is InChI=1S/C21H19N3O2/c1-12-5-8-18-17(11-12)23-20-14-4-2-3-13-16(22-9-10-25)7-6-15(19(13)14)21(26)24(18)20/h2-8,12,22,25H,9-11H2,1H3. The van der Waals surface area contributed by atoms with Crippen LogP contribution >= 0.6 is 0 Å². The van der Waals surface area contributed by atoms with Crippen LogP contribution in [0.1, 0.15) is 18.3 Å². The Balaban J connectivity index is 1.92. The minimum atomic E-state index is -0.0228. The lowest BCUT2D eigenvalue weighted by Gasteiger charge is -2.13. The lowest BCUT2D eigenvalue weighted by atomic mass is 9.98. The fourth-order valence-corrected chi connectivity index (χ4v) is 4.05. The Morgan fingerprint density at radius 2 is 2.08 bits per heavy atom. The van der Waals surface area contributed by atoms with E-state index in [4.69, 9.17) is 10.1 Å². The van der Waals surface area contributed by atoms with E-state index >= 15 is 0 Å². The third-order valence-electron chi connectivity index (χ3n) is 5.23. The Bertz CT molecular complexity index is 1240. The van der Waals surface area contributed by atoms with Crippen LogP contribution in [0, 0.1) is 5.92 Å². The Morgan fingerprint density at radius 3 is 2.92 bits per heavy atom. The summed E-state index contributed by atoms with van der Waals surface area (Å²) in [5.74, 6) is 0.432. The van der Waals surface area contributed by atoms with Crippen molar-refractivity contribution in [3.63, 3.8) is 0 Å². The quantitative estimate of drug-likeness (QED) is 0.599. The molecule has 130 valence electrons. The first kappa shape index (κ1) is 15.3. The molecule has 1 aliphatic carbocycles.